The predicted octanol–water partition coefficient (Wildman–Crippen LogP) is 0.947. The Morgan fingerprint density at radius 2 is 2.08 bits per heavy atom. The number of rotatable bonds is 1. The molecule has 1 saturated heterocycles. The summed E-state index contributed by atoms with van der Waals surface area (Å²) >= 11 is 0. The summed E-state index contributed by atoms with van der Waals surface area (Å²) in [6, 6.07) is 0. The Bertz CT molecular complexity index is 252. The minimum atomic E-state index is -0.896. The Hall–Kier alpha value is -1.06. The topological polar surface area (TPSA) is 63.6 Å². The van der Waals surface area contributed by atoms with E-state index in [9.17, 15) is 9.59 Å². The fourth-order valence-electron chi connectivity index (χ4n) is 2.43. The Morgan fingerprint density at radius 1 is 1.46 bits per heavy atom. The van der Waals surface area contributed by atoms with Crippen molar-refractivity contribution in [2.75, 3.05) is 0 Å². The monoisotopic (exact) mass is 184 g/mol. The quantitative estimate of drug-likeness (QED) is 0.616. The summed E-state index contributed by atoms with van der Waals surface area (Å²) in [7, 11) is 0. The van der Waals surface area contributed by atoms with E-state index in [1.807, 2.05) is 0 Å². The molecule has 1 saturated carbocycles. The number of carboxylic acids is 1. The van der Waals surface area contributed by atoms with Gasteiger partial charge >= 0.3 is 11.9 Å². The van der Waals surface area contributed by atoms with Crippen LogP contribution in [0.5, 0.6) is 0 Å². The van der Waals surface area contributed by atoms with Gasteiger partial charge in [-0.3, -0.25) is 9.59 Å². The van der Waals surface area contributed by atoms with E-state index in [4.69, 9.17) is 9.84 Å². The van der Waals surface area contributed by atoms with Crippen LogP contribution in [0.2, 0.25) is 0 Å². The average molecular weight is 184 g/mol. The van der Waals surface area contributed by atoms with Crippen LogP contribution < -0.4 is 0 Å². The first-order chi connectivity index (χ1) is 6.14. The van der Waals surface area contributed by atoms with E-state index in [0.29, 0.717) is 0 Å². The molecule has 2 aliphatic rings. The highest BCUT2D eigenvalue weighted by molar-refractivity contribution is 5.83. The molecule has 0 amide bonds. The highest BCUT2D eigenvalue weighted by Gasteiger charge is 2.54. The molecule has 1 heterocycles. The van der Waals surface area contributed by atoms with Crippen molar-refractivity contribution >= 4 is 11.9 Å². The largest absolute Gasteiger partial charge is 0.481 e. The lowest BCUT2D eigenvalue weighted by atomic mass is 9.86. The van der Waals surface area contributed by atoms with Crippen LogP contribution in [0.3, 0.4) is 0 Å². The number of carbonyl (C=O) groups is 2. The molecule has 1 aliphatic carbocycles. The maximum atomic E-state index is 11.0. The van der Waals surface area contributed by atoms with Gasteiger partial charge in [0.2, 0.25) is 0 Å². The number of esters is 1. The van der Waals surface area contributed by atoms with E-state index >= 15 is 0 Å². The molecular formula is C9H12O4. The van der Waals surface area contributed by atoms with E-state index in [1.165, 1.54) is 0 Å². The number of ether oxygens (including phenoxy) is 1. The minimum absolute atomic E-state index is 0.0509. The van der Waals surface area contributed by atoms with Crippen LogP contribution in [0.1, 0.15) is 32.1 Å². The summed E-state index contributed by atoms with van der Waals surface area (Å²) in [6.07, 6.45) is 3.43. The van der Waals surface area contributed by atoms with Crippen LogP contribution in [0.4, 0.5) is 0 Å². The molecule has 2 fully saturated rings. The van der Waals surface area contributed by atoms with Crippen LogP contribution in [0, 0.1) is 5.92 Å². The maximum Gasteiger partial charge on any atom is 0.311 e. The third-order valence-corrected chi connectivity index (χ3v) is 3.07. The zero-order valence-corrected chi connectivity index (χ0v) is 7.28. The smallest absolute Gasteiger partial charge is 0.311 e. The Balaban J connectivity index is 2.25. The molecule has 1 atom stereocenters. The van der Waals surface area contributed by atoms with Crippen molar-refractivity contribution in [3.63, 3.8) is 0 Å². The van der Waals surface area contributed by atoms with Crippen molar-refractivity contribution in [2.24, 2.45) is 5.92 Å². The van der Waals surface area contributed by atoms with E-state index in [1.54, 1.807) is 0 Å². The molecule has 1 spiro atoms. The van der Waals surface area contributed by atoms with Gasteiger partial charge < -0.3 is 9.84 Å². The van der Waals surface area contributed by atoms with Gasteiger partial charge in [-0.15, -0.1) is 0 Å². The second-order valence-electron chi connectivity index (χ2n) is 3.84. The molecule has 0 aromatic rings. The normalized spacial score (nSPS) is 30.8. The van der Waals surface area contributed by atoms with E-state index in [-0.39, 0.29) is 12.4 Å². The molecule has 72 valence electrons. The number of carbonyl (C=O) groups excluding carboxylic acids is 1. The summed E-state index contributed by atoms with van der Waals surface area (Å²) in [5.74, 6) is -1.86. The Labute approximate surface area is 75.9 Å². The molecule has 4 heteroatoms. The van der Waals surface area contributed by atoms with Gasteiger partial charge in [0.05, 0.1) is 6.42 Å². The zero-order valence-electron chi connectivity index (χ0n) is 7.28. The van der Waals surface area contributed by atoms with Crippen LogP contribution in [0.15, 0.2) is 0 Å². The van der Waals surface area contributed by atoms with E-state index in [2.05, 4.69) is 0 Å². The van der Waals surface area contributed by atoms with Crippen LogP contribution in [0.25, 0.3) is 0 Å². The van der Waals surface area contributed by atoms with E-state index < -0.39 is 17.5 Å². The van der Waals surface area contributed by atoms with Crippen LogP contribution in [-0.4, -0.2) is 22.6 Å². The second-order valence-corrected chi connectivity index (χ2v) is 3.84. The average Bonchev–Trinajstić information content (AvgIpc) is 2.60. The molecule has 0 bridgehead atoms. The Morgan fingerprint density at radius 3 is 2.62 bits per heavy atom. The van der Waals surface area contributed by atoms with Gasteiger partial charge in [-0.2, -0.15) is 0 Å². The highest BCUT2D eigenvalue weighted by atomic mass is 16.6. The molecular weight excluding hydrogens is 172 g/mol. The first-order valence-corrected chi connectivity index (χ1v) is 4.59. The van der Waals surface area contributed by atoms with Crippen LogP contribution >= 0.6 is 0 Å². The lowest BCUT2D eigenvalue weighted by Gasteiger charge is -2.25. The van der Waals surface area contributed by atoms with Gasteiger partial charge in [0.15, 0.2) is 0 Å². The lowest BCUT2D eigenvalue weighted by Crippen LogP contribution is -2.36. The fourth-order valence-corrected chi connectivity index (χ4v) is 2.43. The highest BCUT2D eigenvalue weighted by Crippen LogP contribution is 2.45. The molecule has 0 aromatic heterocycles. The van der Waals surface area contributed by atoms with Crippen molar-refractivity contribution in [1.29, 1.82) is 0 Å². The van der Waals surface area contributed by atoms with Gasteiger partial charge in [-0.05, 0) is 25.7 Å². The molecule has 4 nitrogen and oxygen atoms in total. The van der Waals surface area contributed by atoms with Crippen molar-refractivity contribution in [1.82, 2.24) is 0 Å². The third kappa shape index (κ3) is 1.20. The van der Waals surface area contributed by atoms with Crippen LogP contribution in [-0.2, 0) is 14.3 Å². The van der Waals surface area contributed by atoms with Gasteiger partial charge in [0.1, 0.15) is 11.5 Å². The number of carboxylic acid groups (broad SMARTS) is 1. The summed E-state index contributed by atoms with van der Waals surface area (Å²) in [5.41, 5.74) is -0.650. The summed E-state index contributed by atoms with van der Waals surface area (Å²) < 4.78 is 5.16. The minimum Gasteiger partial charge on any atom is -0.481 e. The van der Waals surface area contributed by atoms with Crippen molar-refractivity contribution in [3.05, 3.63) is 0 Å². The molecule has 13 heavy (non-hydrogen) atoms. The second kappa shape index (κ2) is 2.72. The Kier molecular flexibility index (Phi) is 1.78. The van der Waals surface area contributed by atoms with Crippen molar-refractivity contribution < 1.29 is 19.4 Å². The third-order valence-electron chi connectivity index (χ3n) is 3.07. The molecule has 0 unspecified atom stereocenters. The molecule has 1 aliphatic heterocycles. The SMILES string of the molecule is O=C1C[C@H](C(=O)O)C2(CCCC2)O1. The predicted molar refractivity (Wildman–Crippen MR) is 43.0 cm³/mol. The van der Waals surface area contributed by atoms with Gasteiger partial charge in [-0.1, -0.05) is 0 Å². The zero-order chi connectivity index (χ0) is 9.47. The van der Waals surface area contributed by atoms with Crippen molar-refractivity contribution in [3.8, 4) is 0 Å². The number of aliphatic carboxylic acids is 1. The summed E-state index contributed by atoms with van der Waals surface area (Å²) in [6.45, 7) is 0. The maximum absolute atomic E-state index is 11.0. The molecule has 0 aromatic carbocycles. The number of hydrogen-bond acceptors (Lipinski definition) is 3. The molecule has 2 rings (SSSR count). The van der Waals surface area contributed by atoms with Gasteiger partial charge in [0.25, 0.3) is 0 Å². The van der Waals surface area contributed by atoms with Crippen molar-refractivity contribution in [2.45, 2.75) is 37.7 Å². The lowest BCUT2D eigenvalue weighted by molar-refractivity contribution is -0.153. The van der Waals surface area contributed by atoms with Gasteiger partial charge in [0, 0.05) is 0 Å². The first kappa shape index (κ1) is 8.53. The first-order valence-electron chi connectivity index (χ1n) is 4.59. The molecule has 1 N–H and O–H groups in total. The number of hydrogen-bond donors (Lipinski definition) is 1. The summed E-state index contributed by atoms with van der Waals surface area (Å²) in [4.78, 5) is 21.9. The standard InChI is InChI=1S/C9H12O4/c10-7-5-6(8(11)12)9(13-7)3-1-2-4-9/h6H,1-5H2,(H,11,12)/t6-/m1/s1. The van der Waals surface area contributed by atoms with E-state index in [0.717, 1.165) is 25.7 Å². The summed E-state index contributed by atoms with van der Waals surface area (Å²) in [5, 5.41) is 8.92. The fraction of sp³-hybridized carbons (Fsp3) is 0.778. The van der Waals surface area contributed by atoms with Gasteiger partial charge in [-0.25, -0.2) is 0 Å². The molecule has 0 radical (unpaired) electrons.